The van der Waals surface area contributed by atoms with Crippen LogP contribution in [0.3, 0.4) is 0 Å². The maximum Gasteiger partial charge on any atom is 0.417 e. The molecule has 164 valence electrons. The lowest BCUT2D eigenvalue weighted by Crippen LogP contribution is -2.54. The Labute approximate surface area is 180 Å². The van der Waals surface area contributed by atoms with Gasteiger partial charge in [0.05, 0.1) is 13.2 Å². The molecule has 0 bridgehead atoms. The molecule has 2 fully saturated rings. The van der Waals surface area contributed by atoms with Gasteiger partial charge in [-0.05, 0) is 30.7 Å². The van der Waals surface area contributed by atoms with Crippen LogP contribution in [0.25, 0.3) is 0 Å². The average molecular weight is 425 g/mol. The molecule has 2 aliphatic heterocycles. The number of anilines is 2. The minimum Gasteiger partial charge on any atom is -0.410 e. The summed E-state index contributed by atoms with van der Waals surface area (Å²) >= 11 is 0. The molecule has 2 aromatic rings. The first-order valence-corrected chi connectivity index (χ1v) is 10.4. The van der Waals surface area contributed by atoms with Gasteiger partial charge < -0.3 is 20.9 Å². The van der Waals surface area contributed by atoms with Gasteiger partial charge in [-0.25, -0.2) is 9.78 Å². The van der Waals surface area contributed by atoms with E-state index in [1.54, 1.807) is 29.2 Å². The Morgan fingerprint density at radius 3 is 2.61 bits per heavy atom. The molecule has 10 nitrogen and oxygen atoms in total. The number of carbonyl (C=O) groups excluding carboxylic acids is 1. The fourth-order valence-electron chi connectivity index (χ4n) is 3.87. The molecule has 1 aromatic carbocycles. The highest BCUT2D eigenvalue weighted by Gasteiger charge is 2.36. The Morgan fingerprint density at radius 2 is 1.87 bits per heavy atom. The quantitative estimate of drug-likeness (QED) is 0.720. The summed E-state index contributed by atoms with van der Waals surface area (Å²) in [5.74, 6) is 1.00. The number of ether oxygens (including phenoxy) is 2. The Bertz CT molecular complexity index is 918. The van der Waals surface area contributed by atoms with Crippen LogP contribution in [-0.2, 0) is 4.74 Å². The zero-order valence-electron chi connectivity index (χ0n) is 17.3. The Kier molecular flexibility index (Phi) is 6.58. The highest BCUT2D eigenvalue weighted by atomic mass is 16.6. The van der Waals surface area contributed by atoms with Crippen molar-refractivity contribution in [3.05, 3.63) is 42.5 Å². The third-order valence-electron chi connectivity index (χ3n) is 5.51. The molecule has 3 heterocycles. The predicted octanol–water partition coefficient (Wildman–Crippen LogP) is 2.65. The number of carbonyl (C=O) groups is 1. The number of benzene rings is 1. The molecule has 2 unspecified atom stereocenters. The number of para-hydroxylation sites is 1. The maximum atomic E-state index is 12.9. The second-order valence-corrected chi connectivity index (χ2v) is 7.54. The number of nitrogens with two attached hydrogens (primary N) is 2. The Balaban J connectivity index is 1.52. The number of rotatable bonds is 4. The highest BCUT2D eigenvalue weighted by molar-refractivity contribution is 5.71. The molecule has 0 aliphatic carbocycles. The number of aromatic nitrogens is 1. The zero-order valence-corrected chi connectivity index (χ0v) is 17.3. The number of morpholine rings is 1. The van der Waals surface area contributed by atoms with Crippen LogP contribution in [-0.4, -0.2) is 65.9 Å². The van der Waals surface area contributed by atoms with Gasteiger partial charge >= 0.3 is 6.09 Å². The van der Waals surface area contributed by atoms with E-state index in [2.05, 4.69) is 20.1 Å². The fraction of sp³-hybridized carbons (Fsp3) is 0.429. The summed E-state index contributed by atoms with van der Waals surface area (Å²) in [6, 6.07) is 12.6. The molecular weight excluding hydrogens is 398 g/mol. The number of pyridine rings is 1. The summed E-state index contributed by atoms with van der Waals surface area (Å²) in [6.45, 7) is 3.70. The highest BCUT2D eigenvalue weighted by Crippen LogP contribution is 2.28. The summed E-state index contributed by atoms with van der Waals surface area (Å²) in [4.78, 5) is 20.9. The first kappa shape index (κ1) is 21.0. The number of likely N-dealkylation sites (tertiary alicyclic amines) is 1. The van der Waals surface area contributed by atoms with Crippen molar-refractivity contribution in [2.75, 3.05) is 44.3 Å². The first-order chi connectivity index (χ1) is 15.1. The number of hydrogen-bond donors (Lipinski definition) is 2. The molecule has 0 saturated carbocycles. The van der Waals surface area contributed by atoms with Crippen LogP contribution in [0.1, 0.15) is 12.8 Å². The number of azo groups is 1. The van der Waals surface area contributed by atoms with Crippen molar-refractivity contribution in [1.29, 1.82) is 0 Å². The van der Waals surface area contributed by atoms with Gasteiger partial charge in [0.25, 0.3) is 0 Å². The Morgan fingerprint density at radius 1 is 1.10 bits per heavy atom. The van der Waals surface area contributed by atoms with Crippen molar-refractivity contribution in [3.8, 4) is 5.75 Å². The number of nitrogens with zero attached hydrogens (tertiary/aromatic N) is 5. The lowest BCUT2D eigenvalue weighted by atomic mass is 10.0. The molecule has 1 aromatic heterocycles. The van der Waals surface area contributed by atoms with E-state index in [1.807, 2.05) is 18.2 Å². The first-order valence-electron chi connectivity index (χ1n) is 10.4. The van der Waals surface area contributed by atoms with E-state index in [0.717, 1.165) is 32.7 Å². The maximum absolute atomic E-state index is 12.9. The summed E-state index contributed by atoms with van der Waals surface area (Å²) in [6.07, 6.45) is 0.561. The average Bonchev–Trinajstić information content (AvgIpc) is 2.79. The molecule has 10 heteroatoms. The monoisotopic (exact) mass is 425 g/mol. The van der Waals surface area contributed by atoms with Gasteiger partial charge in [-0.1, -0.05) is 18.2 Å². The van der Waals surface area contributed by atoms with Crippen molar-refractivity contribution in [2.45, 2.75) is 25.0 Å². The topological polar surface area (TPSA) is 132 Å². The van der Waals surface area contributed by atoms with Crippen LogP contribution < -0.4 is 16.2 Å². The molecule has 0 spiro atoms. The largest absolute Gasteiger partial charge is 0.417 e. The van der Waals surface area contributed by atoms with Gasteiger partial charge in [0.15, 0.2) is 5.82 Å². The zero-order chi connectivity index (χ0) is 21.6. The second kappa shape index (κ2) is 9.71. The molecule has 4 rings (SSSR count). The van der Waals surface area contributed by atoms with Gasteiger partial charge in [-0.3, -0.25) is 9.80 Å². The predicted molar refractivity (Wildman–Crippen MR) is 116 cm³/mol. The van der Waals surface area contributed by atoms with Crippen molar-refractivity contribution in [1.82, 2.24) is 14.8 Å². The van der Waals surface area contributed by atoms with Crippen molar-refractivity contribution in [3.63, 3.8) is 0 Å². The summed E-state index contributed by atoms with van der Waals surface area (Å²) < 4.78 is 11.0. The van der Waals surface area contributed by atoms with E-state index in [9.17, 15) is 4.79 Å². The van der Waals surface area contributed by atoms with Gasteiger partial charge in [0.2, 0.25) is 0 Å². The molecule has 0 radical (unpaired) electrons. The van der Waals surface area contributed by atoms with Crippen LogP contribution in [0, 0.1) is 0 Å². The summed E-state index contributed by atoms with van der Waals surface area (Å²) in [5, 5.41) is 8.74. The van der Waals surface area contributed by atoms with Crippen LogP contribution in [0.15, 0.2) is 52.7 Å². The summed E-state index contributed by atoms with van der Waals surface area (Å²) in [7, 11) is 0. The minimum atomic E-state index is -0.477. The molecular formula is C21H27N7O3. The van der Waals surface area contributed by atoms with Crippen LogP contribution in [0.4, 0.5) is 22.1 Å². The third kappa shape index (κ3) is 5.28. The van der Waals surface area contributed by atoms with Crippen LogP contribution >= 0.6 is 0 Å². The van der Waals surface area contributed by atoms with E-state index in [0.29, 0.717) is 30.2 Å². The number of amides is 1. The second-order valence-electron chi connectivity index (χ2n) is 7.54. The van der Waals surface area contributed by atoms with Gasteiger partial charge in [0, 0.05) is 32.1 Å². The van der Waals surface area contributed by atoms with Gasteiger partial charge in [-0.2, -0.15) is 5.11 Å². The smallest absolute Gasteiger partial charge is 0.410 e. The van der Waals surface area contributed by atoms with Crippen molar-refractivity contribution >= 4 is 23.4 Å². The normalized spacial score (nSPS) is 22.5. The number of nitrogen functional groups attached to an aromatic ring is 2. The fourth-order valence-corrected chi connectivity index (χ4v) is 3.87. The van der Waals surface area contributed by atoms with Crippen LogP contribution in [0.2, 0.25) is 0 Å². The molecule has 4 N–H and O–H groups in total. The molecule has 2 atom stereocenters. The Hall–Kier alpha value is -3.24. The van der Waals surface area contributed by atoms with Crippen molar-refractivity contribution in [2.24, 2.45) is 10.2 Å². The lowest BCUT2D eigenvalue weighted by molar-refractivity contribution is -0.00690. The number of piperidine rings is 1. The van der Waals surface area contributed by atoms with Gasteiger partial charge in [0.1, 0.15) is 23.4 Å². The van der Waals surface area contributed by atoms with E-state index in [-0.39, 0.29) is 11.9 Å². The molecule has 1 amide bonds. The number of hydrogen-bond acceptors (Lipinski definition) is 9. The standard InChI is InChI=1S/C21H27N7O3/c22-18-7-6-17(20(23)24-18)25-26-19-14-15(27-10-12-30-13-11-27)8-9-28(19)21(29)31-16-4-2-1-3-5-16/h1-7,15,19H,8-14H2,(H4,22,23,24). The molecule has 2 saturated heterocycles. The lowest BCUT2D eigenvalue weighted by Gasteiger charge is -2.42. The molecule has 31 heavy (non-hydrogen) atoms. The van der Waals surface area contributed by atoms with E-state index < -0.39 is 12.3 Å². The SMILES string of the molecule is Nc1ccc(N=NC2CC(N3CCOCC3)CCN2C(=O)Oc2ccccc2)c(N)n1. The third-order valence-corrected chi connectivity index (χ3v) is 5.51. The van der Waals surface area contributed by atoms with E-state index in [1.165, 1.54) is 0 Å². The summed E-state index contributed by atoms with van der Waals surface area (Å²) in [5.41, 5.74) is 12.0. The van der Waals surface area contributed by atoms with Crippen molar-refractivity contribution < 1.29 is 14.3 Å². The van der Waals surface area contributed by atoms with Crippen LogP contribution in [0.5, 0.6) is 5.75 Å². The molecule has 2 aliphatic rings. The van der Waals surface area contributed by atoms with E-state index in [4.69, 9.17) is 20.9 Å². The van der Waals surface area contributed by atoms with Gasteiger partial charge in [-0.15, -0.1) is 5.11 Å². The van der Waals surface area contributed by atoms with E-state index >= 15 is 0 Å². The minimum absolute atomic E-state index is 0.197.